The minimum atomic E-state index is 0.126. The standard InChI is InChI=1S/C21H22N2O2S/c1-25-15-5-2-13(3-6-15)10-16-12-22-20(26-16)23-19(24)17-11-14-4-7-18(17)21(14)8-9-21/h2-7,12,14,17-18H,8-11H2,1H3,(H,22,23,24)/t14-,17-,18-/m1/s1. The summed E-state index contributed by atoms with van der Waals surface area (Å²) < 4.78 is 5.19. The number of benzene rings is 1. The molecule has 2 saturated carbocycles. The first kappa shape index (κ1) is 16.1. The second-order valence-corrected chi connectivity index (χ2v) is 8.85. The van der Waals surface area contributed by atoms with E-state index < -0.39 is 0 Å². The molecule has 2 bridgehead atoms. The topological polar surface area (TPSA) is 51.2 Å². The van der Waals surface area contributed by atoms with Gasteiger partial charge < -0.3 is 10.1 Å². The van der Waals surface area contributed by atoms with Gasteiger partial charge in [-0.15, -0.1) is 11.3 Å². The third-order valence-electron chi connectivity index (χ3n) is 6.38. The van der Waals surface area contributed by atoms with Gasteiger partial charge in [0, 0.05) is 23.4 Å². The SMILES string of the molecule is COc1ccc(Cc2cnc(NC(=O)[C@@H]3C[C@H]4C=C[C@H]3C43CC3)s2)cc1. The lowest BCUT2D eigenvalue weighted by molar-refractivity contribution is -0.120. The molecule has 5 rings (SSSR count). The zero-order valence-electron chi connectivity index (χ0n) is 14.8. The van der Waals surface area contributed by atoms with E-state index in [9.17, 15) is 4.79 Å². The monoisotopic (exact) mass is 366 g/mol. The van der Waals surface area contributed by atoms with E-state index in [0.717, 1.165) is 28.6 Å². The number of methoxy groups -OCH3 is 1. The number of nitrogens with one attached hydrogen (secondary N) is 1. The molecule has 4 nitrogen and oxygen atoms in total. The first-order chi connectivity index (χ1) is 12.7. The van der Waals surface area contributed by atoms with Crippen molar-refractivity contribution in [1.29, 1.82) is 0 Å². The summed E-state index contributed by atoms with van der Waals surface area (Å²) in [6.07, 6.45) is 10.9. The van der Waals surface area contributed by atoms with Gasteiger partial charge in [-0.1, -0.05) is 24.3 Å². The van der Waals surface area contributed by atoms with Gasteiger partial charge in [-0.25, -0.2) is 4.98 Å². The fourth-order valence-electron chi connectivity index (χ4n) is 4.86. The van der Waals surface area contributed by atoms with E-state index in [0.29, 0.717) is 17.3 Å². The highest BCUT2D eigenvalue weighted by atomic mass is 32.1. The van der Waals surface area contributed by atoms with Gasteiger partial charge in [0.1, 0.15) is 5.75 Å². The molecule has 0 unspecified atom stereocenters. The number of carbonyl (C=O) groups is 1. The molecule has 26 heavy (non-hydrogen) atoms. The van der Waals surface area contributed by atoms with E-state index in [1.54, 1.807) is 18.4 Å². The molecule has 3 aliphatic rings. The number of nitrogens with zero attached hydrogens (tertiary/aromatic N) is 1. The van der Waals surface area contributed by atoms with Crippen LogP contribution in [0.25, 0.3) is 0 Å². The summed E-state index contributed by atoms with van der Waals surface area (Å²) in [6.45, 7) is 0. The summed E-state index contributed by atoms with van der Waals surface area (Å²) in [4.78, 5) is 18.3. The molecular formula is C21H22N2O2S. The Morgan fingerprint density at radius 2 is 2.12 bits per heavy atom. The number of amides is 1. The molecule has 1 aromatic carbocycles. The Kier molecular flexibility index (Phi) is 3.67. The molecule has 0 saturated heterocycles. The molecule has 134 valence electrons. The average Bonchev–Trinajstić information content (AvgIpc) is 3.12. The molecule has 2 aromatic rings. The fourth-order valence-corrected chi connectivity index (χ4v) is 5.71. The smallest absolute Gasteiger partial charge is 0.229 e. The summed E-state index contributed by atoms with van der Waals surface area (Å²) in [5, 5.41) is 3.79. The number of thiazole rings is 1. The summed E-state index contributed by atoms with van der Waals surface area (Å²) in [5.41, 5.74) is 1.66. The van der Waals surface area contributed by atoms with Crippen molar-refractivity contribution in [3.05, 3.63) is 53.1 Å². The normalized spacial score (nSPS) is 27.0. The molecule has 1 aromatic heterocycles. The predicted molar refractivity (Wildman–Crippen MR) is 102 cm³/mol. The quantitative estimate of drug-likeness (QED) is 0.804. The predicted octanol–water partition coefficient (Wildman–Crippen LogP) is 4.28. The van der Waals surface area contributed by atoms with Gasteiger partial charge in [-0.3, -0.25) is 4.79 Å². The van der Waals surface area contributed by atoms with Gasteiger partial charge in [0.2, 0.25) is 5.91 Å². The molecule has 3 aliphatic carbocycles. The molecule has 0 radical (unpaired) electrons. The summed E-state index contributed by atoms with van der Waals surface area (Å²) in [7, 11) is 1.67. The Balaban J connectivity index is 1.23. The maximum atomic E-state index is 12.8. The Morgan fingerprint density at radius 3 is 2.81 bits per heavy atom. The lowest BCUT2D eigenvalue weighted by atomic mass is 9.88. The largest absolute Gasteiger partial charge is 0.497 e. The number of rotatable bonds is 5. The molecule has 1 amide bonds. The molecule has 1 N–H and O–H groups in total. The van der Waals surface area contributed by atoms with Crippen LogP contribution in [0.1, 0.15) is 29.7 Å². The van der Waals surface area contributed by atoms with E-state index in [-0.39, 0.29) is 11.8 Å². The Bertz CT molecular complexity index is 866. The van der Waals surface area contributed by atoms with Crippen LogP contribution in [0.4, 0.5) is 5.13 Å². The van der Waals surface area contributed by atoms with Crippen LogP contribution in [0, 0.1) is 23.2 Å². The van der Waals surface area contributed by atoms with Gasteiger partial charge in [0.15, 0.2) is 5.13 Å². The lowest BCUT2D eigenvalue weighted by Crippen LogP contribution is -2.27. The zero-order chi connectivity index (χ0) is 17.7. The van der Waals surface area contributed by atoms with Gasteiger partial charge >= 0.3 is 0 Å². The second kappa shape index (κ2) is 5.95. The van der Waals surface area contributed by atoms with Crippen LogP contribution < -0.4 is 10.1 Å². The maximum absolute atomic E-state index is 12.8. The van der Waals surface area contributed by atoms with Crippen LogP contribution in [0.2, 0.25) is 0 Å². The zero-order valence-corrected chi connectivity index (χ0v) is 15.6. The molecule has 5 heteroatoms. The Hall–Kier alpha value is -2.14. The third kappa shape index (κ3) is 2.57. The van der Waals surface area contributed by atoms with Crippen LogP contribution >= 0.6 is 11.3 Å². The van der Waals surface area contributed by atoms with Gasteiger partial charge in [-0.05, 0) is 54.2 Å². The Morgan fingerprint density at radius 1 is 1.31 bits per heavy atom. The van der Waals surface area contributed by atoms with Crippen molar-refractivity contribution in [2.75, 3.05) is 12.4 Å². The van der Waals surface area contributed by atoms with Crippen LogP contribution in [0.5, 0.6) is 5.75 Å². The van der Waals surface area contributed by atoms with Crippen LogP contribution in [-0.2, 0) is 11.2 Å². The highest BCUT2D eigenvalue weighted by Gasteiger charge is 2.64. The minimum absolute atomic E-state index is 0.126. The van der Waals surface area contributed by atoms with Crippen LogP contribution in [0.15, 0.2) is 42.6 Å². The number of carbonyl (C=O) groups excluding carboxylic acids is 1. The third-order valence-corrected chi connectivity index (χ3v) is 7.29. The molecular weight excluding hydrogens is 344 g/mol. The fraction of sp³-hybridized carbons (Fsp3) is 0.429. The molecule has 2 fully saturated rings. The number of anilines is 1. The van der Waals surface area contributed by atoms with Gasteiger partial charge in [0.25, 0.3) is 0 Å². The minimum Gasteiger partial charge on any atom is -0.497 e. The van der Waals surface area contributed by atoms with E-state index in [1.807, 2.05) is 18.3 Å². The van der Waals surface area contributed by atoms with Crippen molar-refractivity contribution in [3.63, 3.8) is 0 Å². The Labute approximate surface area is 157 Å². The van der Waals surface area contributed by atoms with E-state index in [2.05, 4.69) is 34.6 Å². The number of allylic oxidation sites excluding steroid dienone is 2. The van der Waals surface area contributed by atoms with Crippen molar-refractivity contribution in [3.8, 4) is 5.75 Å². The van der Waals surface area contributed by atoms with Crippen LogP contribution in [0.3, 0.4) is 0 Å². The number of hydrogen-bond donors (Lipinski definition) is 1. The van der Waals surface area contributed by atoms with Crippen molar-refractivity contribution in [2.24, 2.45) is 23.2 Å². The second-order valence-electron chi connectivity index (χ2n) is 7.74. The van der Waals surface area contributed by atoms with Crippen molar-refractivity contribution in [2.45, 2.75) is 25.7 Å². The van der Waals surface area contributed by atoms with E-state index in [4.69, 9.17) is 4.74 Å². The molecule has 3 atom stereocenters. The summed E-state index contributed by atoms with van der Waals surface area (Å²) in [6, 6.07) is 8.06. The first-order valence-electron chi connectivity index (χ1n) is 9.25. The van der Waals surface area contributed by atoms with Gasteiger partial charge in [-0.2, -0.15) is 0 Å². The average molecular weight is 366 g/mol. The summed E-state index contributed by atoms with van der Waals surface area (Å²) >= 11 is 1.57. The van der Waals surface area contributed by atoms with Crippen LogP contribution in [-0.4, -0.2) is 18.0 Å². The van der Waals surface area contributed by atoms with E-state index in [1.165, 1.54) is 18.4 Å². The molecule has 1 spiro atoms. The van der Waals surface area contributed by atoms with Crippen molar-refractivity contribution in [1.82, 2.24) is 4.98 Å². The van der Waals surface area contributed by atoms with E-state index >= 15 is 0 Å². The van der Waals surface area contributed by atoms with Crippen molar-refractivity contribution >= 4 is 22.4 Å². The first-order valence-corrected chi connectivity index (χ1v) is 10.1. The number of ether oxygens (including phenoxy) is 1. The maximum Gasteiger partial charge on any atom is 0.229 e. The summed E-state index contributed by atoms with van der Waals surface area (Å²) in [5.74, 6) is 2.22. The lowest BCUT2D eigenvalue weighted by Gasteiger charge is -2.18. The highest BCUT2D eigenvalue weighted by Crippen LogP contribution is 2.70. The van der Waals surface area contributed by atoms with Crippen molar-refractivity contribution < 1.29 is 9.53 Å². The molecule has 1 heterocycles. The number of aromatic nitrogens is 1. The highest BCUT2D eigenvalue weighted by molar-refractivity contribution is 7.15. The number of hydrogen-bond acceptors (Lipinski definition) is 4. The molecule has 0 aliphatic heterocycles. The van der Waals surface area contributed by atoms with Gasteiger partial charge in [0.05, 0.1) is 7.11 Å².